The van der Waals surface area contributed by atoms with Crippen LogP contribution < -0.4 is 15.6 Å². The topological polar surface area (TPSA) is 73.2 Å². The van der Waals surface area contributed by atoms with Gasteiger partial charge in [-0.2, -0.15) is 0 Å². The summed E-state index contributed by atoms with van der Waals surface area (Å²) in [5, 5.41) is 4.47. The highest BCUT2D eigenvalue weighted by atomic mass is 35.5. The van der Waals surface area contributed by atoms with Crippen molar-refractivity contribution in [1.82, 2.24) is 14.9 Å². The van der Waals surface area contributed by atoms with Gasteiger partial charge in [0.05, 0.1) is 29.5 Å². The fraction of sp³-hybridized carbons (Fsp3) is 0.125. The summed E-state index contributed by atoms with van der Waals surface area (Å²) in [4.78, 5) is 30.4. The third-order valence-electron chi connectivity index (χ3n) is 4.79. The summed E-state index contributed by atoms with van der Waals surface area (Å²) in [6, 6.07) is 21.6. The number of carbonyl (C=O) groups excluding carboxylic acids is 1. The van der Waals surface area contributed by atoms with Crippen molar-refractivity contribution in [1.29, 1.82) is 0 Å². The molecule has 0 saturated carbocycles. The molecule has 0 unspecified atom stereocenters. The van der Waals surface area contributed by atoms with Crippen LogP contribution in [-0.4, -0.2) is 28.3 Å². The number of hydrogen-bond acceptors (Lipinski definition) is 5. The number of aromatic nitrogens is 2. The number of amides is 1. The van der Waals surface area contributed by atoms with Crippen molar-refractivity contribution in [3.05, 3.63) is 93.7 Å². The molecule has 0 aliphatic carbocycles. The molecule has 0 bridgehead atoms. The fourth-order valence-electron chi connectivity index (χ4n) is 3.17. The second-order valence-corrected chi connectivity index (χ2v) is 8.32. The maximum atomic E-state index is 13.3. The van der Waals surface area contributed by atoms with E-state index >= 15 is 0 Å². The number of methoxy groups -OCH3 is 1. The predicted octanol–water partition coefficient (Wildman–Crippen LogP) is 4.46. The average Bonchev–Trinajstić information content (AvgIpc) is 2.82. The number of thioether (sulfide) groups is 1. The van der Waals surface area contributed by atoms with Gasteiger partial charge in [0.15, 0.2) is 5.16 Å². The standard InChI is InChI=1S/C24H20ClN3O3S/c1-31-19-6-4-5-18(13-19)28-23(30)20-7-2-3-8-21(20)27-24(28)32-15-22(29)26-14-16-9-11-17(25)12-10-16/h2-13H,14-15H2,1H3,(H,26,29). The quantitative estimate of drug-likeness (QED) is 0.322. The van der Waals surface area contributed by atoms with Crippen molar-refractivity contribution in [2.75, 3.05) is 12.9 Å². The first-order valence-electron chi connectivity index (χ1n) is 9.85. The summed E-state index contributed by atoms with van der Waals surface area (Å²) in [6.45, 7) is 0.393. The zero-order chi connectivity index (χ0) is 22.5. The first-order chi connectivity index (χ1) is 15.5. The Bertz CT molecular complexity index is 1320. The lowest BCUT2D eigenvalue weighted by Gasteiger charge is -2.14. The number of para-hydroxylation sites is 1. The number of fused-ring (bicyclic) bond motifs is 1. The van der Waals surface area contributed by atoms with Crippen molar-refractivity contribution in [2.45, 2.75) is 11.7 Å². The van der Waals surface area contributed by atoms with E-state index in [0.29, 0.717) is 39.1 Å². The molecular formula is C24H20ClN3O3S. The lowest BCUT2D eigenvalue weighted by atomic mass is 10.2. The van der Waals surface area contributed by atoms with Gasteiger partial charge in [-0.3, -0.25) is 14.2 Å². The van der Waals surface area contributed by atoms with E-state index in [1.807, 2.05) is 30.3 Å². The van der Waals surface area contributed by atoms with Crippen LogP contribution in [0.25, 0.3) is 16.6 Å². The van der Waals surface area contributed by atoms with E-state index < -0.39 is 0 Å². The van der Waals surface area contributed by atoms with Crippen LogP contribution in [0.3, 0.4) is 0 Å². The van der Waals surface area contributed by atoms with Gasteiger partial charge in [-0.1, -0.05) is 53.7 Å². The highest BCUT2D eigenvalue weighted by Gasteiger charge is 2.15. The van der Waals surface area contributed by atoms with Crippen molar-refractivity contribution in [3.63, 3.8) is 0 Å². The largest absolute Gasteiger partial charge is 0.497 e. The van der Waals surface area contributed by atoms with Crippen LogP contribution in [0.15, 0.2) is 82.7 Å². The first kappa shape index (κ1) is 21.9. The van der Waals surface area contributed by atoms with Gasteiger partial charge >= 0.3 is 0 Å². The normalized spacial score (nSPS) is 10.8. The summed E-state index contributed by atoms with van der Waals surface area (Å²) in [7, 11) is 1.57. The Morgan fingerprint density at radius 3 is 2.66 bits per heavy atom. The van der Waals surface area contributed by atoms with Crippen LogP contribution >= 0.6 is 23.4 Å². The van der Waals surface area contributed by atoms with Crippen LogP contribution in [0, 0.1) is 0 Å². The molecule has 162 valence electrons. The van der Waals surface area contributed by atoms with E-state index in [1.54, 1.807) is 49.6 Å². The van der Waals surface area contributed by atoms with Gasteiger partial charge in [0.2, 0.25) is 5.91 Å². The van der Waals surface area contributed by atoms with Gasteiger partial charge in [-0.15, -0.1) is 0 Å². The SMILES string of the molecule is COc1cccc(-n2c(SCC(=O)NCc3ccc(Cl)cc3)nc3ccccc3c2=O)c1. The average molecular weight is 466 g/mol. The van der Waals surface area contributed by atoms with E-state index in [9.17, 15) is 9.59 Å². The summed E-state index contributed by atoms with van der Waals surface area (Å²) < 4.78 is 6.82. The fourth-order valence-corrected chi connectivity index (χ4v) is 4.14. The molecule has 0 aliphatic heterocycles. The van der Waals surface area contributed by atoms with Gasteiger partial charge < -0.3 is 10.1 Å². The molecule has 0 aliphatic rings. The number of benzene rings is 3. The molecule has 1 N–H and O–H groups in total. The van der Waals surface area contributed by atoms with Gasteiger partial charge in [0, 0.05) is 17.6 Å². The third kappa shape index (κ3) is 4.95. The number of nitrogens with one attached hydrogen (secondary N) is 1. The van der Waals surface area contributed by atoms with E-state index in [2.05, 4.69) is 10.3 Å². The molecule has 8 heteroatoms. The van der Waals surface area contributed by atoms with Gasteiger partial charge in [-0.05, 0) is 42.0 Å². The van der Waals surface area contributed by atoms with E-state index in [0.717, 1.165) is 5.56 Å². The van der Waals surface area contributed by atoms with Crippen molar-refractivity contribution in [2.24, 2.45) is 0 Å². The molecule has 0 atom stereocenters. The Morgan fingerprint density at radius 1 is 1.09 bits per heavy atom. The van der Waals surface area contributed by atoms with Crippen LogP contribution in [0.4, 0.5) is 0 Å². The van der Waals surface area contributed by atoms with Crippen LogP contribution in [0.1, 0.15) is 5.56 Å². The zero-order valence-electron chi connectivity index (χ0n) is 17.2. The molecule has 32 heavy (non-hydrogen) atoms. The maximum absolute atomic E-state index is 13.3. The molecule has 0 radical (unpaired) electrons. The molecule has 1 heterocycles. The van der Waals surface area contributed by atoms with E-state index in [1.165, 1.54) is 16.3 Å². The van der Waals surface area contributed by atoms with Gasteiger partial charge in [0.25, 0.3) is 5.56 Å². The minimum atomic E-state index is -0.201. The molecule has 4 aromatic rings. The van der Waals surface area contributed by atoms with Crippen LogP contribution in [-0.2, 0) is 11.3 Å². The monoisotopic (exact) mass is 465 g/mol. The molecule has 6 nitrogen and oxygen atoms in total. The summed E-state index contributed by atoms with van der Waals surface area (Å²) in [5.41, 5.74) is 1.95. The van der Waals surface area contributed by atoms with E-state index in [4.69, 9.17) is 16.3 Å². The van der Waals surface area contributed by atoms with Gasteiger partial charge in [-0.25, -0.2) is 4.98 Å². The Morgan fingerprint density at radius 2 is 1.88 bits per heavy atom. The Labute approximate surface area is 194 Å². The summed E-state index contributed by atoms with van der Waals surface area (Å²) in [6.07, 6.45) is 0. The molecule has 1 amide bonds. The number of hydrogen-bond donors (Lipinski definition) is 1. The summed E-state index contributed by atoms with van der Waals surface area (Å²) >= 11 is 7.11. The Balaban J connectivity index is 1.60. The predicted molar refractivity (Wildman–Crippen MR) is 128 cm³/mol. The molecule has 0 spiro atoms. The number of ether oxygens (including phenoxy) is 1. The van der Waals surface area contributed by atoms with Crippen molar-refractivity contribution in [3.8, 4) is 11.4 Å². The Kier molecular flexibility index (Phi) is 6.78. The maximum Gasteiger partial charge on any atom is 0.266 e. The highest BCUT2D eigenvalue weighted by molar-refractivity contribution is 7.99. The second-order valence-electron chi connectivity index (χ2n) is 6.95. The number of rotatable bonds is 7. The molecule has 4 rings (SSSR count). The number of halogens is 1. The minimum absolute atomic E-state index is 0.113. The van der Waals surface area contributed by atoms with Gasteiger partial charge in [0.1, 0.15) is 5.75 Å². The number of nitrogens with zero attached hydrogens (tertiary/aromatic N) is 2. The van der Waals surface area contributed by atoms with Crippen LogP contribution in [0.2, 0.25) is 5.02 Å². The third-order valence-corrected chi connectivity index (χ3v) is 5.98. The van der Waals surface area contributed by atoms with Crippen LogP contribution in [0.5, 0.6) is 5.75 Å². The first-order valence-corrected chi connectivity index (χ1v) is 11.2. The van der Waals surface area contributed by atoms with E-state index in [-0.39, 0.29) is 17.2 Å². The molecule has 0 saturated heterocycles. The smallest absolute Gasteiger partial charge is 0.266 e. The highest BCUT2D eigenvalue weighted by Crippen LogP contribution is 2.23. The minimum Gasteiger partial charge on any atom is -0.497 e. The molecule has 3 aromatic carbocycles. The second kappa shape index (κ2) is 9.89. The Hall–Kier alpha value is -3.29. The molecule has 0 fully saturated rings. The summed E-state index contributed by atoms with van der Waals surface area (Å²) in [5.74, 6) is 0.575. The number of carbonyl (C=O) groups is 1. The van der Waals surface area contributed by atoms with Crippen molar-refractivity contribution >= 4 is 40.2 Å². The lowest BCUT2D eigenvalue weighted by Crippen LogP contribution is -2.26. The molecular weight excluding hydrogens is 446 g/mol. The lowest BCUT2D eigenvalue weighted by molar-refractivity contribution is -0.118. The van der Waals surface area contributed by atoms with Crippen molar-refractivity contribution < 1.29 is 9.53 Å². The zero-order valence-corrected chi connectivity index (χ0v) is 18.8. The molecule has 1 aromatic heterocycles.